The number of epoxide rings is 1. The van der Waals surface area contributed by atoms with Crippen LogP contribution < -0.4 is 0 Å². The lowest BCUT2D eigenvalue weighted by Gasteiger charge is -2.22. The van der Waals surface area contributed by atoms with Crippen LogP contribution in [0.2, 0.25) is 0 Å². The summed E-state index contributed by atoms with van der Waals surface area (Å²) >= 11 is 0. The van der Waals surface area contributed by atoms with Gasteiger partial charge in [-0.15, -0.1) is 0 Å². The number of carbonyl (C=O) groups excluding carboxylic acids is 1. The van der Waals surface area contributed by atoms with Crippen LogP contribution in [0.25, 0.3) is 0 Å². The Morgan fingerprint density at radius 1 is 0.731 bits per heavy atom. The Labute approximate surface area is 153 Å². The molecule has 0 aromatic heterocycles. The molecule has 1 saturated heterocycles. The molecule has 1 fully saturated rings. The van der Waals surface area contributed by atoms with E-state index < -0.39 is 0 Å². The van der Waals surface area contributed by atoms with E-state index in [0.29, 0.717) is 13.1 Å². The second kappa shape index (κ2) is 7.54. The van der Waals surface area contributed by atoms with E-state index in [2.05, 4.69) is 0 Å². The second-order valence-corrected chi connectivity index (χ2v) is 6.55. The first-order chi connectivity index (χ1) is 12.8. The van der Waals surface area contributed by atoms with Crippen LogP contribution in [-0.4, -0.2) is 16.9 Å². The molecule has 1 aliphatic rings. The van der Waals surface area contributed by atoms with Gasteiger partial charge >= 0.3 is 0 Å². The highest BCUT2D eigenvalue weighted by Crippen LogP contribution is 2.40. The molecule has 1 amide bonds. The zero-order chi connectivity index (χ0) is 17.8. The van der Waals surface area contributed by atoms with Crippen LogP contribution in [0.3, 0.4) is 0 Å². The van der Waals surface area contributed by atoms with Gasteiger partial charge in [0.05, 0.1) is 0 Å². The standard InChI is InChI=1S/C23H21NO2/c25-23(22-21(26-22)20-14-8-3-9-15-20)24(16-18-10-4-1-5-11-18)17-19-12-6-2-7-13-19/h1-15,21-22H,16-17H2/t21-,22+/m0/s1. The summed E-state index contributed by atoms with van der Waals surface area (Å²) in [7, 11) is 0. The first kappa shape index (κ1) is 16.6. The highest BCUT2D eigenvalue weighted by molar-refractivity contribution is 5.84. The molecule has 3 nitrogen and oxygen atoms in total. The Morgan fingerprint density at radius 2 is 1.19 bits per heavy atom. The lowest BCUT2D eigenvalue weighted by atomic mass is 10.1. The topological polar surface area (TPSA) is 32.8 Å². The van der Waals surface area contributed by atoms with Gasteiger partial charge in [-0.2, -0.15) is 0 Å². The van der Waals surface area contributed by atoms with E-state index in [0.717, 1.165) is 16.7 Å². The maximum absolute atomic E-state index is 13.1. The van der Waals surface area contributed by atoms with E-state index in [4.69, 9.17) is 4.74 Å². The van der Waals surface area contributed by atoms with Gasteiger partial charge in [-0.05, 0) is 16.7 Å². The van der Waals surface area contributed by atoms with Crippen molar-refractivity contribution in [2.24, 2.45) is 0 Å². The molecule has 3 aromatic carbocycles. The van der Waals surface area contributed by atoms with Crippen molar-refractivity contribution >= 4 is 5.91 Å². The maximum Gasteiger partial charge on any atom is 0.255 e. The summed E-state index contributed by atoms with van der Waals surface area (Å²) < 4.78 is 5.73. The predicted octanol–water partition coefficient (Wildman–Crippen LogP) is 4.36. The second-order valence-electron chi connectivity index (χ2n) is 6.55. The van der Waals surface area contributed by atoms with E-state index >= 15 is 0 Å². The Hall–Kier alpha value is -2.91. The van der Waals surface area contributed by atoms with Crippen molar-refractivity contribution in [2.75, 3.05) is 0 Å². The monoisotopic (exact) mass is 343 g/mol. The van der Waals surface area contributed by atoms with E-state index in [1.54, 1.807) is 0 Å². The number of ether oxygens (including phenoxy) is 1. The summed E-state index contributed by atoms with van der Waals surface area (Å²) in [5.74, 6) is 0.0477. The molecule has 1 aliphatic heterocycles. The fourth-order valence-electron chi connectivity index (χ4n) is 3.20. The van der Waals surface area contributed by atoms with Crippen molar-refractivity contribution in [3.8, 4) is 0 Å². The molecule has 3 heteroatoms. The highest BCUT2D eigenvalue weighted by atomic mass is 16.6. The smallest absolute Gasteiger partial charge is 0.255 e. The molecule has 0 radical (unpaired) electrons. The third kappa shape index (κ3) is 3.84. The van der Waals surface area contributed by atoms with Crippen LogP contribution in [0, 0.1) is 0 Å². The van der Waals surface area contributed by atoms with Crippen molar-refractivity contribution in [3.05, 3.63) is 108 Å². The normalized spacial score (nSPS) is 18.3. The molecule has 3 aromatic rings. The molecule has 0 saturated carbocycles. The Kier molecular flexibility index (Phi) is 4.80. The van der Waals surface area contributed by atoms with Gasteiger partial charge in [-0.3, -0.25) is 4.79 Å². The average molecular weight is 343 g/mol. The molecular weight excluding hydrogens is 322 g/mol. The predicted molar refractivity (Wildman–Crippen MR) is 101 cm³/mol. The summed E-state index contributed by atoms with van der Waals surface area (Å²) in [6, 6.07) is 30.1. The molecule has 1 heterocycles. The quantitative estimate of drug-likeness (QED) is 0.623. The minimum absolute atomic E-state index is 0.0477. The number of carbonyl (C=O) groups is 1. The van der Waals surface area contributed by atoms with Crippen LogP contribution in [0.1, 0.15) is 22.8 Å². The van der Waals surface area contributed by atoms with E-state index in [1.165, 1.54) is 0 Å². The fourth-order valence-corrected chi connectivity index (χ4v) is 3.20. The first-order valence-electron chi connectivity index (χ1n) is 8.88. The van der Waals surface area contributed by atoms with Crippen molar-refractivity contribution in [3.63, 3.8) is 0 Å². The number of hydrogen-bond acceptors (Lipinski definition) is 2. The van der Waals surface area contributed by atoms with Gasteiger partial charge in [0.1, 0.15) is 6.10 Å². The largest absolute Gasteiger partial charge is 0.354 e. The fraction of sp³-hybridized carbons (Fsp3) is 0.174. The van der Waals surface area contributed by atoms with Gasteiger partial charge in [0.25, 0.3) is 5.91 Å². The number of amides is 1. The van der Waals surface area contributed by atoms with Crippen molar-refractivity contribution in [2.45, 2.75) is 25.3 Å². The minimum atomic E-state index is -0.384. The minimum Gasteiger partial charge on any atom is -0.354 e. The Morgan fingerprint density at radius 3 is 1.69 bits per heavy atom. The zero-order valence-electron chi connectivity index (χ0n) is 14.5. The van der Waals surface area contributed by atoms with Crippen LogP contribution in [0.5, 0.6) is 0 Å². The van der Waals surface area contributed by atoms with Crippen LogP contribution in [-0.2, 0) is 22.6 Å². The summed E-state index contributed by atoms with van der Waals surface area (Å²) in [6.45, 7) is 1.16. The number of hydrogen-bond donors (Lipinski definition) is 0. The number of benzene rings is 3. The van der Waals surface area contributed by atoms with Gasteiger partial charge in [-0.25, -0.2) is 0 Å². The molecule has 0 aliphatic carbocycles. The molecule has 4 rings (SSSR count). The van der Waals surface area contributed by atoms with Crippen LogP contribution in [0.4, 0.5) is 0 Å². The lowest BCUT2D eigenvalue weighted by Crippen LogP contribution is -2.33. The molecule has 0 spiro atoms. The van der Waals surface area contributed by atoms with Crippen molar-refractivity contribution in [1.29, 1.82) is 0 Å². The third-order valence-corrected chi connectivity index (χ3v) is 4.61. The molecule has 0 unspecified atom stereocenters. The SMILES string of the molecule is O=C([C@@H]1O[C@H]1c1ccccc1)N(Cc1ccccc1)Cc1ccccc1. The summed E-state index contributed by atoms with van der Waals surface area (Å²) in [6.07, 6.45) is -0.512. The summed E-state index contributed by atoms with van der Waals surface area (Å²) in [4.78, 5) is 15.0. The molecule has 0 N–H and O–H groups in total. The van der Waals surface area contributed by atoms with E-state index in [9.17, 15) is 4.79 Å². The Bertz CT molecular complexity index is 808. The average Bonchev–Trinajstić information content (AvgIpc) is 3.50. The Balaban J connectivity index is 1.51. The van der Waals surface area contributed by atoms with Crippen LogP contribution in [0.15, 0.2) is 91.0 Å². The third-order valence-electron chi connectivity index (χ3n) is 4.61. The number of rotatable bonds is 6. The van der Waals surface area contributed by atoms with E-state index in [1.807, 2.05) is 95.9 Å². The summed E-state index contributed by atoms with van der Waals surface area (Å²) in [5.41, 5.74) is 3.30. The first-order valence-corrected chi connectivity index (χ1v) is 8.88. The maximum atomic E-state index is 13.1. The van der Waals surface area contributed by atoms with Gasteiger partial charge in [-0.1, -0.05) is 91.0 Å². The van der Waals surface area contributed by atoms with E-state index in [-0.39, 0.29) is 18.1 Å². The van der Waals surface area contributed by atoms with Gasteiger partial charge < -0.3 is 9.64 Å². The molecule has 26 heavy (non-hydrogen) atoms. The number of nitrogens with zero attached hydrogens (tertiary/aromatic N) is 1. The molecule has 2 atom stereocenters. The van der Waals surface area contributed by atoms with Crippen molar-refractivity contribution in [1.82, 2.24) is 4.90 Å². The lowest BCUT2D eigenvalue weighted by molar-refractivity contribution is -0.133. The molecule has 130 valence electrons. The highest BCUT2D eigenvalue weighted by Gasteiger charge is 2.47. The van der Waals surface area contributed by atoms with Gasteiger partial charge in [0.2, 0.25) is 0 Å². The molecular formula is C23H21NO2. The summed E-state index contributed by atoms with van der Waals surface area (Å²) in [5, 5.41) is 0. The van der Waals surface area contributed by atoms with Gasteiger partial charge in [0.15, 0.2) is 6.10 Å². The van der Waals surface area contributed by atoms with Crippen LogP contribution >= 0.6 is 0 Å². The molecule has 0 bridgehead atoms. The van der Waals surface area contributed by atoms with Gasteiger partial charge in [0, 0.05) is 13.1 Å². The zero-order valence-corrected chi connectivity index (χ0v) is 14.5. The van der Waals surface area contributed by atoms with Crippen molar-refractivity contribution < 1.29 is 9.53 Å².